The predicted octanol–water partition coefficient (Wildman–Crippen LogP) is -0.0404. The molecule has 2 unspecified atom stereocenters. The van der Waals surface area contributed by atoms with Gasteiger partial charge in [-0.2, -0.15) is 0 Å². The highest BCUT2D eigenvalue weighted by atomic mass is 16.5. The van der Waals surface area contributed by atoms with E-state index in [4.69, 9.17) is 4.74 Å². The van der Waals surface area contributed by atoms with Crippen LogP contribution in [-0.4, -0.2) is 61.5 Å². The SMILES string of the molecule is COC(=O)C1CN(CC(=O)N2CCC2)CC1C. The van der Waals surface area contributed by atoms with Crippen LogP contribution in [0.1, 0.15) is 13.3 Å². The highest BCUT2D eigenvalue weighted by molar-refractivity contribution is 5.79. The van der Waals surface area contributed by atoms with Gasteiger partial charge in [0.05, 0.1) is 19.6 Å². The second-order valence-corrected chi connectivity index (χ2v) is 5.04. The molecular weight excluding hydrogens is 220 g/mol. The molecule has 0 spiro atoms. The maximum atomic E-state index is 11.8. The summed E-state index contributed by atoms with van der Waals surface area (Å²) in [4.78, 5) is 27.2. The zero-order valence-electron chi connectivity index (χ0n) is 10.5. The second kappa shape index (κ2) is 5.04. The van der Waals surface area contributed by atoms with Crippen molar-refractivity contribution >= 4 is 11.9 Å². The van der Waals surface area contributed by atoms with Crippen LogP contribution in [0.3, 0.4) is 0 Å². The molecule has 2 fully saturated rings. The summed E-state index contributed by atoms with van der Waals surface area (Å²) in [5.41, 5.74) is 0. The van der Waals surface area contributed by atoms with Gasteiger partial charge in [0.25, 0.3) is 0 Å². The third-order valence-electron chi connectivity index (χ3n) is 3.76. The molecule has 0 aromatic rings. The lowest BCUT2D eigenvalue weighted by atomic mass is 9.99. The second-order valence-electron chi connectivity index (χ2n) is 5.04. The lowest BCUT2D eigenvalue weighted by Crippen LogP contribution is -2.46. The number of hydrogen-bond acceptors (Lipinski definition) is 4. The first-order valence-corrected chi connectivity index (χ1v) is 6.19. The molecule has 0 aliphatic carbocycles. The van der Waals surface area contributed by atoms with Gasteiger partial charge in [0, 0.05) is 26.2 Å². The highest BCUT2D eigenvalue weighted by Gasteiger charge is 2.36. The molecule has 2 aliphatic rings. The van der Waals surface area contributed by atoms with E-state index >= 15 is 0 Å². The highest BCUT2D eigenvalue weighted by Crippen LogP contribution is 2.24. The Balaban J connectivity index is 1.83. The van der Waals surface area contributed by atoms with Crippen LogP contribution < -0.4 is 0 Å². The Bertz CT molecular complexity index is 315. The number of carbonyl (C=O) groups excluding carboxylic acids is 2. The summed E-state index contributed by atoms with van der Waals surface area (Å²) in [6.45, 7) is 5.71. The van der Waals surface area contributed by atoms with Crippen molar-refractivity contribution in [3.63, 3.8) is 0 Å². The van der Waals surface area contributed by atoms with Crippen molar-refractivity contribution in [2.24, 2.45) is 11.8 Å². The van der Waals surface area contributed by atoms with E-state index in [1.165, 1.54) is 7.11 Å². The van der Waals surface area contributed by atoms with Crippen LogP contribution >= 0.6 is 0 Å². The largest absolute Gasteiger partial charge is 0.469 e. The number of hydrogen-bond donors (Lipinski definition) is 0. The summed E-state index contributed by atoms with van der Waals surface area (Å²) in [7, 11) is 1.42. The fourth-order valence-electron chi connectivity index (χ4n) is 2.51. The van der Waals surface area contributed by atoms with Gasteiger partial charge in [-0.05, 0) is 12.3 Å². The monoisotopic (exact) mass is 240 g/mol. The molecule has 5 heteroatoms. The van der Waals surface area contributed by atoms with E-state index in [0.29, 0.717) is 13.1 Å². The van der Waals surface area contributed by atoms with Gasteiger partial charge in [-0.1, -0.05) is 6.92 Å². The fraction of sp³-hybridized carbons (Fsp3) is 0.833. The molecule has 0 N–H and O–H groups in total. The number of rotatable bonds is 3. The lowest BCUT2D eigenvalue weighted by Gasteiger charge is -2.32. The van der Waals surface area contributed by atoms with Crippen molar-refractivity contribution in [2.45, 2.75) is 13.3 Å². The van der Waals surface area contributed by atoms with Crippen molar-refractivity contribution in [2.75, 3.05) is 39.8 Å². The molecule has 1 amide bonds. The molecule has 2 atom stereocenters. The summed E-state index contributed by atoms with van der Waals surface area (Å²) >= 11 is 0. The van der Waals surface area contributed by atoms with Gasteiger partial charge < -0.3 is 9.64 Å². The standard InChI is InChI=1S/C12H20N2O3/c1-9-6-13(7-10(9)12(16)17-2)8-11(15)14-4-3-5-14/h9-10H,3-8H2,1-2H3. The minimum absolute atomic E-state index is 0.0795. The minimum Gasteiger partial charge on any atom is -0.469 e. The molecule has 2 heterocycles. The van der Waals surface area contributed by atoms with E-state index in [1.54, 1.807) is 0 Å². The Morgan fingerprint density at radius 1 is 1.29 bits per heavy atom. The zero-order chi connectivity index (χ0) is 12.4. The first-order chi connectivity index (χ1) is 8.11. The molecule has 5 nitrogen and oxygen atoms in total. The molecule has 0 saturated carbocycles. The van der Waals surface area contributed by atoms with Gasteiger partial charge in [-0.15, -0.1) is 0 Å². The lowest BCUT2D eigenvalue weighted by molar-refractivity contribution is -0.146. The van der Waals surface area contributed by atoms with Gasteiger partial charge in [0.2, 0.25) is 5.91 Å². The average molecular weight is 240 g/mol. The Hall–Kier alpha value is -1.10. The van der Waals surface area contributed by atoms with E-state index < -0.39 is 0 Å². The average Bonchev–Trinajstić information content (AvgIpc) is 2.55. The van der Waals surface area contributed by atoms with Gasteiger partial charge in [0.1, 0.15) is 0 Å². The maximum absolute atomic E-state index is 11.8. The van der Waals surface area contributed by atoms with Crippen molar-refractivity contribution in [3.05, 3.63) is 0 Å². The molecule has 0 radical (unpaired) electrons. The third kappa shape index (κ3) is 2.60. The first-order valence-electron chi connectivity index (χ1n) is 6.19. The van der Waals surface area contributed by atoms with Crippen LogP contribution in [0.5, 0.6) is 0 Å². The van der Waals surface area contributed by atoms with E-state index in [0.717, 1.165) is 26.1 Å². The smallest absolute Gasteiger partial charge is 0.310 e. The van der Waals surface area contributed by atoms with Crippen LogP contribution in [0.2, 0.25) is 0 Å². The number of carbonyl (C=O) groups is 2. The normalized spacial score (nSPS) is 28.9. The molecule has 2 rings (SSSR count). The Morgan fingerprint density at radius 2 is 2.00 bits per heavy atom. The number of amides is 1. The first kappa shape index (κ1) is 12.4. The molecule has 96 valence electrons. The summed E-state index contributed by atoms with van der Waals surface area (Å²) in [6.07, 6.45) is 1.12. The number of methoxy groups -OCH3 is 1. The van der Waals surface area contributed by atoms with Gasteiger partial charge in [-0.25, -0.2) is 0 Å². The molecule has 0 aromatic heterocycles. The Kier molecular flexibility index (Phi) is 3.66. The molecule has 2 aliphatic heterocycles. The van der Waals surface area contributed by atoms with Crippen LogP contribution in [0, 0.1) is 11.8 Å². The van der Waals surface area contributed by atoms with Crippen LogP contribution in [-0.2, 0) is 14.3 Å². The van der Waals surface area contributed by atoms with E-state index in [2.05, 4.69) is 4.90 Å². The van der Waals surface area contributed by atoms with E-state index in [-0.39, 0.29) is 23.7 Å². The maximum Gasteiger partial charge on any atom is 0.310 e. The summed E-state index contributed by atoms with van der Waals surface area (Å²) in [5, 5.41) is 0. The number of nitrogens with zero attached hydrogens (tertiary/aromatic N) is 2. The molecule has 17 heavy (non-hydrogen) atoms. The summed E-state index contributed by atoms with van der Waals surface area (Å²) in [5.74, 6) is 0.223. The van der Waals surface area contributed by atoms with E-state index in [9.17, 15) is 9.59 Å². The van der Waals surface area contributed by atoms with Crippen LogP contribution in [0.4, 0.5) is 0 Å². The Labute approximate surface area is 102 Å². The van der Waals surface area contributed by atoms with Gasteiger partial charge >= 0.3 is 5.97 Å². The fourth-order valence-corrected chi connectivity index (χ4v) is 2.51. The molecule has 2 saturated heterocycles. The Morgan fingerprint density at radius 3 is 2.53 bits per heavy atom. The van der Waals surface area contributed by atoms with Crippen molar-refractivity contribution < 1.29 is 14.3 Å². The van der Waals surface area contributed by atoms with Crippen LogP contribution in [0.15, 0.2) is 0 Å². The predicted molar refractivity (Wildman–Crippen MR) is 62.3 cm³/mol. The van der Waals surface area contributed by atoms with Gasteiger partial charge in [-0.3, -0.25) is 14.5 Å². The zero-order valence-corrected chi connectivity index (χ0v) is 10.5. The number of ether oxygens (including phenoxy) is 1. The van der Waals surface area contributed by atoms with Crippen molar-refractivity contribution in [3.8, 4) is 0 Å². The molecular formula is C12H20N2O3. The van der Waals surface area contributed by atoms with Gasteiger partial charge in [0.15, 0.2) is 0 Å². The molecule has 0 bridgehead atoms. The number of esters is 1. The van der Waals surface area contributed by atoms with Crippen molar-refractivity contribution in [1.29, 1.82) is 0 Å². The van der Waals surface area contributed by atoms with Crippen LogP contribution in [0.25, 0.3) is 0 Å². The third-order valence-corrected chi connectivity index (χ3v) is 3.76. The van der Waals surface area contributed by atoms with E-state index in [1.807, 2.05) is 11.8 Å². The minimum atomic E-state index is -0.156. The summed E-state index contributed by atoms with van der Waals surface area (Å²) in [6, 6.07) is 0. The van der Waals surface area contributed by atoms with Crippen molar-refractivity contribution in [1.82, 2.24) is 9.80 Å². The quantitative estimate of drug-likeness (QED) is 0.650. The number of likely N-dealkylation sites (tertiary alicyclic amines) is 2. The molecule has 0 aromatic carbocycles. The summed E-state index contributed by atoms with van der Waals surface area (Å²) < 4.78 is 4.78. The topological polar surface area (TPSA) is 49.9 Å².